The molecule has 0 unspecified atom stereocenters. The fraction of sp³-hybridized carbons (Fsp3) is 0.706. The smallest absolute Gasteiger partial charge is 0.128 e. The van der Waals surface area contributed by atoms with Gasteiger partial charge in [0.2, 0.25) is 0 Å². The minimum atomic E-state index is 0.668. The van der Waals surface area contributed by atoms with Crippen LogP contribution in [0.25, 0.3) is 0 Å². The molecule has 0 fully saturated rings. The van der Waals surface area contributed by atoms with Crippen LogP contribution < -0.4 is 4.74 Å². The molecule has 1 aromatic rings. The predicted octanol–water partition coefficient (Wildman–Crippen LogP) is 3.82. The maximum absolute atomic E-state index is 5.50. The lowest BCUT2D eigenvalue weighted by Crippen LogP contribution is -2.31. The zero-order valence-electron chi connectivity index (χ0n) is 14.2. The molecule has 0 atom stereocenters. The number of pyridine rings is 1. The molecule has 0 aliphatic carbocycles. The molecule has 0 saturated heterocycles. The van der Waals surface area contributed by atoms with Gasteiger partial charge in [-0.3, -0.25) is 9.88 Å². The van der Waals surface area contributed by atoms with E-state index in [0.29, 0.717) is 11.8 Å². The van der Waals surface area contributed by atoms with Crippen molar-refractivity contribution in [1.82, 2.24) is 9.88 Å². The van der Waals surface area contributed by atoms with Crippen LogP contribution in [0.15, 0.2) is 6.20 Å². The molecule has 3 heteroatoms. The van der Waals surface area contributed by atoms with Gasteiger partial charge in [-0.05, 0) is 25.7 Å². The largest absolute Gasteiger partial charge is 0.496 e. The van der Waals surface area contributed by atoms with Gasteiger partial charge in [-0.25, -0.2) is 0 Å². The zero-order valence-corrected chi connectivity index (χ0v) is 14.2. The maximum atomic E-state index is 5.50. The van der Waals surface area contributed by atoms with Crippen LogP contribution in [0.5, 0.6) is 5.75 Å². The van der Waals surface area contributed by atoms with Gasteiger partial charge in [0, 0.05) is 37.0 Å². The Kier molecular flexibility index (Phi) is 6.47. The Hall–Kier alpha value is -1.09. The summed E-state index contributed by atoms with van der Waals surface area (Å²) in [6, 6.07) is 0. The zero-order chi connectivity index (χ0) is 15.3. The van der Waals surface area contributed by atoms with E-state index in [1.54, 1.807) is 7.11 Å². The second kappa shape index (κ2) is 7.63. The summed E-state index contributed by atoms with van der Waals surface area (Å²) in [7, 11) is 1.74. The molecule has 3 nitrogen and oxygen atoms in total. The van der Waals surface area contributed by atoms with Crippen LogP contribution in [-0.2, 0) is 6.54 Å². The number of hydrogen-bond acceptors (Lipinski definition) is 3. The summed E-state index contributed by atoms with van der Waals surface area (Å²) in [5, 5.41) is 0. The second-order valence-corrected chi connectivity index (χ2v) is 6.53. The van der Waals surface area contributed by atoms with Crippen molar-refractivity contribution in [2.75, 3.05) is 20.2 Å². The van der Waals surface area contributed by atoms with E-state index in [0.717, 1.165) is 36.6 Å². The van der Waals surface area contributed by atoms with Gasteiger partial charge in [0.05, 0.1) is 12.8 Å². The van der Waals surface area contributed by atoms with Crippen LogP contribution in [0.4, 0.5) is 0 Å². The Balaban J connectivity index is 2.92. The van der Waals surface area contributed by atoms with Gasteiger partial charge >= 0.3 is 0 Å². The highest BCUT2D eigenvalue weighted by atomic mass is 16.5. The molecule has 20 heavy (non-hydrogen) atoms. The molecule has 1 aromatic heterocycles. The molecular formula is C17H30N2O. The van der Waals surface area contributed by atoms with Gasteiger partial charge in [-0.1, -0.05) is 27.7 Å². The van der Waals surface area contributed by atoms with E-state index in [2.05, 4.69) is 44.5 Å². The number of rotatable bonds is 7. The summed E-state index contributed by atoms with van der Waals surface area (Å²) in [4.78, 5) is 7.12. The van der Waals surface area contributed by atoms with E-state index in [9.17, 15) is 0 Å². The predicted molar refractivity (Wildman–Crippen MR) is 85.2 cm³/mol. The lowest BCUT2D eigenvalue weighted by atomic mass is 10.1. The first-order valence-corrected chi connectivity index (χ1v) is 7.56. The van der Waals surface area contributed by atoms with Crippen molar-refractivity contribution in [2.24, 2.45) is 11.8 Å². The lowest BCUT2D eigenvalue weighted by Gasteiger charge is -2.26. The number of methoxy groups -OCH3 is 1. The van der Waals surface area contributed by atoms with E-state index in [4.69, 9.17) is 4.74 Å². The molecule has 0 aliphatic rings. The Labute approximate surface area is 124 Å². The third-order valence-corrected chi connectivity index (χ3v) is 3.37. The molecule has 0 aromatic carbocycles. The topological polar surface area (TPSA) is 25.4 Å². The number of aromatic nitrogens is 1. The van der Waals surface area contributed by atoms with Gasteiger partial charge in [-0.2, -0.15) is 0 Å². The molecule has 1 rings (SSSR count). The molecule has 0 N–H and O–H groups in total. The summed E-state index contributed by atoms with van der Waals surface area (Å²) in [5.74, 6) is 2.31. The normalized spacial score (nSPS) is 11.7. The molecule has 1 heterocycles. The molecule has 0 spiro atoms. The summed E-state index contributed by atoms with van der Waals surface area (Å²) in [5.41, 5.74) is 3.41. The number of hydrogen-bond donors (Lipinski definition) is 0. The van der Waals surface area contributed by atoms with E-state index in [1.165, 1.54) is 5.56 Å². The van der Waals surface area contributed by atoms with E-state index in [1.807, 2.05) is 13.1 Å². The van der Waals surface area contributed by atoms with Gasteiger partial charge in [0.1, 0.15) is 5.75 Å². The molecule has 114 valence electrons. The molecule has 0 bridgehead atoms. The maximum Gasteiger partial charge on any atom is 0.128 e. The minimum Gasteiger partial charge on any atom is -0.496 e. The summed E-state index contributed by atoms with van der Waals surface area (Å²) in [6.07, 6.45) is 1.92. The van der Waals surface area contributed by atoms with E-state index >= 15 is 0 Å². The van der Waals surface area contributed by atoms with Crippen LogP contribution in [0.2, 0.25) is 0 Å². The number of nitrogens with zero attached hydrogens (tertiary/aromatic N) is 2. The monoisotopic (exact) mass is 278 g/mol. The molecular weight excluding hydrogens is 248 g/mol. The average molecular weight is 278 g/mol. The van der Waals surface area contributed by atoms with Crippen LogP contribution in [0, 0.1) is 25.7 Å². The van der Waals surface area contributed by atoms with Crippen molar-refractivity contribution >= 4 is 0 Å². The van der Waals surface area contributed by atoms with Crippen LogP contribution in [0.1, 0.15) is 44.5 Å². The Morgan fingerprint density at radius 3 is 2.10 bits per heavy atom. The van der Waals surface area contributed by atoms with Gasteiger partial charge in [0.25, 0.3) is 0 Å². The number of ether oxygens (including phenoxy) is 1. The van der Waals surface area contributed by atoms with Crippen LogP contribution in [-0.4, -0.2) is 30.1 Å². The Morgan fingerprint density at radius 2 is 1.65 bits per heavy atom. The quantitative estimate of drug-likeness (QED) is 0.758. The average Bonchev–Trinajstić information content (AvgIpc) is 2.32. The first kappa shape index (κ1) is 17.0. The SMILES string of the molecule is COc1c(C)cnc(CN(CC(C)C)CC(C)C)c1C. The van der Waals surface area contributed by atoms with E-state index in [-0.39, 0.29) is 0 Å². The third kappa shape index (κ3) is 4.78. The van der Waals surface area contributed by atoms with Gasteiger partial charge in [0.15, 0.2) is 0 Å². The highest BCUT2D eigenvalue weighted by Crippen LogP contribution is 2.25. The molecule has 0 amide bonds. The Morgan fingerprint density at radius 1 is 1.10 bits per heavy atom. The summed E-state index contributed by atoms with van der Waals surface area (Å²) in [6.45, 7) is 16.3. The summed E-state index contributed by atoms with van der Waals surface area (Å²) >= 11 is 0. The Bertz CT molecular complexity index is 417. The first-order valence-electron chi connectivity index (χ1n) is 7.56. The van der Waals surface area contributed by atoms with Crippen LogP contribution >= 0.6 is 0 Å². The van der Waals surface area contributed by atoms with Crippen molar-refractivity contribution in [2.45, 2.75) is 48.1 Å². The highest BCUT2D eigenvalue weighted by molar-refractivity contribution is 5.41. The van der Waals surface area contributed by atoms with Crippen LogP contribution in [0.3, 0.4) is 0 Å². The molecule has 0 radical (unpaired) electrons. The first-order chi connectivity index (χ1) is 9.35. The fourth-order valence-electron chi connectivity index (χ4n) is 2.68. The molecule has 0 aliphatic heterocycles. The molecule has 0 saturated carbocycles. The summed E-state index contributed by atoms with van der Waals surface area (Å²) < 4.78 is 5.50. The van der Waals surface area contributed by atoms with Crippen molar-refractivity contribution in [3.05, 3.63) is 23.0 Å². The van der Waals surface area contributed by atoms with Crippen molar-refractivity contribution in [1.29, 1.82) is 0 Å². The lowest BCUT2D eigenvalue weighted by molar-refractivity contribution is 0.208. The van der Waals surface area contributed by atoms with Gasteiger partial charge in [-0.15, -0.1) is 0 Å². The van der Waals surface area contributed by atoms with Crippen molar-refractivity contribution in [3.63, 3.8) is 0 Å². The number of aryl methyl sites for hydroxylation is 1. The fourth-order valence-corrected chi connectivity index (χ4v) is 2.68. The van der Waals surface area contributed by atoms with E-state index < -0.39 is 0 Å². The van der Waals surface area contributed by atoms with Crippen molar-refractivity contribution < 1.29 is 4.74 Å². The van der Waals surface area contributed by atoms with Crippen molar-refractivity contribution in [3.8, 4) is 5.75 Å². The standard InChI is InChI=1S/C17H30N2O/c1-12(2)9-19(10-13(3)4)11-16-15(6)17(20-7)14(5)8-18-16/h8,12-13H,9-11H2,1-7H3. The second-order valence-electron chi connectivity index (χ2n) is 6.53. The third-order valence-electron chi connectivity index (χ3n) is 3.37. The highest BCUT2D eigenvalue weighted by Gasteiger charge is 2.15. The minimum absolute atomic E-state index is 0.668. The van der Waals surface area contributed by atoms with Gasteiger partial charge < -0.3 is 4.74 Å².